The van der Waals surface area contributed by atoms with Gasteiger partial charge in [0.1, 0.15) is 6.10 Å². The van der Waals surface area contributed by atoms with Gasteiger partial charge >= 0.3 is 11.9 Å². The fraction of sp³-hybridized carbons (Fsp3) is 0.889. The van der Waals surface area contributed by atoms with Gasteiger partial charge < -0.3 is 9.84 Å². The lowest BCUT2D eigenvalue weighted by atomic mass is 9.96. The standard InChI is InChI=1S/C9H16F2O3/c1-4-6(3)7(12)9(10,11)8(13)14-5-2/h6-7,12H,4-5H2,1-3H3. The maximum atomic E-state index is 13.1. The van der Waals surface area contributed by atoms with E-state index in [0.29, 0.717) is 6.42 Å². The third kappa shape index (κ3) is 2.90. The first-order chi connectivity index (χ1) is 6.37. The first-order valence-corrected chi connectivity index (χ1v) is 4.60. The quantitative estimate of drug-likeness (QED) is 0.701. The van der Waals surface area contributed by atoms with Crippen LogP contribution < -0.4 is 0 Å². The molecule has 3 nitrogen and oxygen atoms in total. The zero-order valence-corrected chi connectivity index (χ0v) is 8.59. The van der Waals surface area contributed by atoms with Crippen molar-refractivity contribution in [3.8, 4) is 0 Å². The summed E-state index contributed by atoms with van der Waals surface area (Å²) >= 11 is 0. The molecule has 0 radical (unpaired) electrons. The molecule has 84 valence electrons. The second kappa shape index (κ2) is 5.24. The Hall–Kier alpha value is -0.710. The molecule has 0 bridgehead atoms. The number of carbonyl (C=O) groups excluding carboxylic acids is 1. The molecule has 2 atom stereocenters. The zero-order chi connectivity index (χ0) is 11.4. The van der Waals surface area contributed by atoms with Gasteiger partial charge in [0.15, 0.2) is 0 Å². The van der Waals surface area contributed by atoms with Gasteiger partial charge in [-0.05, 0) is 12.8 Å². The number of esters is 1. The molecule has 0 saturated carbocycles. The van der Waals surface area contributed by atoms with Crippen molar-refractivity contribution in [1.82, 2.24) is 0 Å². The molecule has 0 fully saturated rings. The summed E-state index contributed by atoms with van der Waals surface area (Å²) in [6.45, 7) is 4.43. The third-order valence-corrected chi connectivity index (χ3v) is 2.10. The Morgan fingerprint density at radius 2 is 2.00 bits per heavy atom. The molecule has 1 N–H and O–H groups in total. The van der Waals surface area contributed by atoms with E-state index in [-0.39, 0.29) is 6.61 Å². The van der Waals surface area contributed by atoms with Crippen LogP contribution in [-0.4, -0.2) is 29.7 Å². The number of aliphatic hydroxyl groups excluding tert-OH is 1. The van der Waals surface area contributed by atoms with Crippen LogP contribution in [0.2, 0.25) is 0 Å². The van der Waals surface area contributed by atoms with Gasteiger partial charge in [-0.2, -0.15) is 8.78 Å². The van der Waals surface area contributed by atoms with E-state index in [9.17, 15) is 18.7 Å². The van der Waals surface area contributed by atoms with Crippen LogP contribution in [0.5, 0.6) is 0 Å². The highest BCUT2D eigenvalue weighted by Crippen LogP contribution is 2.27. The van der Waals surface area contributed by atoms with Gasteiger partial charge in [0, 0.05) is 0 Å². The first kappa shape index (κ1) is 13.3. The highest BCUT2D eigenvalue weighted by atomic mass is 19.3. The number of hydrogen-bond donors (Lipinski definition) is 1. The molecule has 0 heterocycles. The van der Waals surface area contributed by atoms with Gasteiger partial charge in [-0.1, -0.05) is 20.3 Å². The summed E-state index contributed by atoms with van der Waals surface area (Å²) in [5.41, 5.74) is 0. The van der Waals surface area contributed by atoms with Crippen molar-refractivity contribution in [2.75, 3.05) is 6.61 Å². The second-order valence-corrected chi connectivity index (χ2v) is 3.17. The number of aliphatic hydroxyl groups is 1. The number of ether oxygens (including phenoxy) is 1. The molecule has 0 aliphatic carbocycles. The molecule has 14 heavy (non-hydrogen) atoms. The SMILES string of the molecule is CCOC(=O)C(F)(F)C(O)C(C)CC. The summed E-state index contributed by atoms with van der Waals surface area (Å²) in [5.74, 6) is -6.12. The van der Waals surface area contributed by atoms with Crippen molar-refractivity contribution >= 4 is 5.97 Å². The van der Waals surface area contributed by atoms with Crippen molar-refractivity contribution in [3.63, 3.8) is 0 Å². The molecular weight excluding hydrogens is 194 g/mol. The molecule has 0 aromatic heterocycles. The fourth-order valence-corrected chi connectivity index (χ4v) is 0.929. The minimum absolute atomic E-state index is 0.123. The minimum atomic E-state index is -3.81. The van der Waals surface area contributed by atoms with E-state index in [4.69, 9.17) is 0 Å². The predicted molar refractivity (Wildman–Crippen MR) is 47.0 cm³/mol. The van der Waals surface area contributed by atoms with E-state index in [1.807, 2.05) is 0 Å². The lowest BCUT2D eigenvalue weighted by Gasteiger charge is -2.24. The zero-order valence-electron chi connectivity index (χ0n) is 8.59. The van der Waals surface area contributed by atoms with Crippen molar-refractivity contribution in [3.05, 3.63) is 0 Å². The van der Waals surface area contributed by atoms with Crippen LogP contribution in [0.15, 0.2) is 0 Å². The highest BCUT2D eigenvalue weighted by molar-refractivity contribution is 5.78. The van der Waals surface area contributed by atoms with Crippen molar-refractivity contribution < 1.29 is 23.4 Å². The number of alkyl halides is 2. The van der Waals surface area contributed by atoms with Crippen molar-refractivity contribution in [1.29, 1.82) is 0 Å². The van der Waals surface area contributed by atoms with Crippen LogP contribution in [0, 0.1) is 5.92 Å². The second-order valence-electron chi connectivity index (χ2n) is 3.17. The summed E-state index contributed by atoms with van der Waals surface area (Å²) < 4.78 is 30.4. The molecule has 0 amide bonds. The monoisotopic (exact) mass is 210 g/mol. The Labute approximate surface area is 82.1 Å². The van der Waals surface area contributed by atoms with E-state index in [2.05, 4.69) is 4.74 Å². The van der Waals surface area contributed by atoms with Crippen molar-refractivity contribution in [2.24, 2.45) is 5.92 Å². The predicted octanol–water partition coefficient (Wildman–Crippen LogP) is 1.59. The molecule has 0 saturated heterocycles. The molecule has 0 aliphatic rings. The minimum Gasteiger partial charge on any atom is -0.461 e. The largest absolute Gasteiger partial charge is 0.461 e. The number of halogens is 2. The molecule has 2 unspecified atom stereocenters. The van der Waals surface area contributed by atoms with E-state index in [1.54, 1.807) is 6.92 Å². The molecule has 5 heteroatoms. The first-order valence-electron chi connectivity index (χ1n) is 4.60. The molecular formula is C9H16F2O3. The van der Waals surface area contributed by atoms with E-state index in [1.165, 1.54) is 13.8 Å². The lowest BCUT2D eigenvalue weighted by molar-refractivity contribution is -0.193. The van der Waals surface area contributed by atoms with Gasteiger partial charge in [0.05, 0.1) is 6.61 Å². The Morgan fingerprint density at radius 1 is 1.50 bits per heavy atom. The van der Waals surface area contributed by atoms with Crippen LogP contribution in [0.25, 0.3) is 0 Å². The highest BCUT2D eigenvalue weighted by Gasteiger charge is 2.49. The average Bonchev–Trinajstić information content (AvgIpc) is 2.15. The van der Waals surface area contributed by atoms with E-state index in [0.717, 1.165) is 0 Å². The van der Waals surface area contributed by atoms with Gasteiger partial charge in [-0.3, -0.25) is 0 Å². The van der Waals surface area contributed by atoms with Gasteiger partial charge in [0.25, 0.3) is 0 Å². The van der Waals surface area contributed by atoms with E-state index < -0.39 is 23.9 Å². The summed E-state index contributed by atoms with van der Waals surface area (Å²) in [4.78, 5) is 10.8. The molecule has 0 aromatic carbocycles. The van der Waals surface area contributed by atoms with Gasteiger partial charge in [-0.25, -0.2) is 4.79 Å². The molecule has 0 aromatic rings. The van der Waals surface area contributed by atoms with Gasteiger partial charge in [-0.15, -0.1) is 0 Å². The normalized spacial score (nSPS) is 16.1. The number of hydrogen-bond acceptors (Lipinski definition) is 3. The smallest absolute Gasteiger partial charge is 0.379 e. The average molecular weight is 210 g/mol. The Balaban J connectivity index is 4.50. The summed E-state index contributed by atoms with van der Waals surface area (Å²) in [5, 5.41) is 9.19. The molecule has 0 spiro atoms. The Kier molecular flexibility index (Phi) is 4.97. The van der Waals surface area contributed by atoms with Crippen LogP contribution in [0.3, 0.4) is 0 Å². The Morgan fingerprint density at radius 3 is 2.36 bits per heavy atom. The fourth-order valence-electron chi connectivity index (χ4n) is 0.929. The summed E-state index contributed by atoms with van der Waals surface area (Å²) in [6, 6.07) is 0. The number of carbonyl (C=O) groups is 1. The maximum Gasteiger partial charge on any atom is 0.379 e. The summed E-state index contributed by atoms with van der Waals surface area (Å²) in [6.07, 6.45) is -1.61. The lowest BCUT2D eigenvalue weighted by Crippen LogP contribution is -2.46. The van der Waals surface area contributed by atoms with Crippen LogP contribution >= 0.6 is 0 Å². The molecule has 0 aliphatic heterocycles. The van der Waals surface area contributed by atoms with E-state index >= 15 is 0 Å². The van der Waals surface area contributed by atoms with Crippen LogP contribution in [0.4, 0.5) is 8.78 Å². The maximum absolute atomic E-state index is 13.1. The molecule has 0 rings (SSSR count). The Bertz CT molecular complexity index is 194. The summed E-state index contributed by atoms with van der Waals surface area (Å²) in [7, 11) is 0. The topological polar surface area (TPSA) is 46.5 Å². The number of rotatable bonds is 5. The van der Waals surface area contributed by atoms with Gasteiger partial charge in [0.2, 0.25) is 0 Å². The van der Waals surface area contributed by atoms with Crippen LogP contribution in [-0.2, 0) is 9.53 Å². The van der Waals surface area contributed by atoms with Crippen molar-refractivity contribution in [2.45, 2.75) is 39.2 Å². The van der Waals surface area contributed by atoms with Crippen LogP contribution in [0.1, 0.15) is 27.2 Å². The third-order valence-electron chi connectivity index (χ3n) is 2.10.